The monoisotopic (exact) mass is 336 g/mol. The SMILES string of the molecule is CC12CC(O)C3(F)C(CC(F)C4=CC(=O)C=CC43C)C1CCC2=O. The highest BCUT2D eigenvalue weighted by Crippen LogP contribution is 2.67. The quantitative estimate of drug-likeness (QED) is 0.740. The lowest BCUT2D eigenvalue weighted by Gasteiger charge is -2.61. The molecule has 0 aliphatic heterocycles. The number of Topliss-reactive ketones (excluding diaryl/α,β-unsaturated/α-hetero) is 1. The molecular formula is C19H22F2O3. The van der Waals surface area contributed by atoms with Gasteiger partial charge < -0.3 is 5.11 Å². The summed E-state index contributed by atoms with van der Waals surface area (Å²) < 4.78 is 31.3. The van der Waals surface area contributed by atoms with E-state index in [1.807, 2.05) is 0 Å². The first kappa shape index (κ1) is 16.1. The van der Waals surface area contributed by atoms with Crippen LogP contribution in [0.15, 0.2) is 23.8 Å². The summed E-state index contributed by atoms with van der Waals surface area (Å²) in [6.45, 7) is 3.36. The van der Waals surface area contributed by atoms with E-state index in [1.165, 1.54) is 18.2 Å². The smallest absolute Gasteiger partial charge is 0.178 e. The first-order valence-electron chi connectivity index (χ1n) is 8.64. The number of alkyl halides is 2. The molecule has 3 saturated carbocycles. The van der Waals surface area contributed by atoms with Gasteiger partial charge in [0.15, 0.2) is 11.5 Å². The Hall–Kier alpha value is -1.36. The number of carbonyl (C=O) groups is 2. The Bertz CT molecular complexity index is 699. The molecule has 0 radical (unpaired) electrons. The number of fused-ring (bicyclic) bond motifs is 5. The molecule has 24 heavy (non-hydrogen) atoms. The van der Waals surface area contributed by atoms with Gasteiger partial charge in [-0.3, -0.25) is 9.59 Å². The molecule has 3 nitrogen and oxygen atoms in total. The van der Waals surface area contributed by atoms with Gasteiger partial charge in [0.2, 0.25) is 0 Å². The molecule has 4 aliphatic carbocycles. The number of hydrogen-bond acceptors (Lipinski definition) is 3. The van der Waals surface area contributed by atoms with Crippen LogP contribution in [0.25, 0.3) is 0 Å². The van der Waals surface area contributed by atoms with Crippen molar-refractivity contribution in [2.24, 2.45) is 22.7 Å². The number of halogens is 2. The number of hydrogen-bond donors (Lipinski definition) is 1. The molecule has 4 aliphatic rings. The van der Waals surface area contributed by atoms with Gasteiger partial charge in [0.1, 0.15) is 12.0 Å². The van der Waals surface area contributed by atoms with Crippen LogP contribution in [-0.2, 0) is 9.59 Å². The van der Waals surface area contributed by atoms with Crippen LogP contribution >= 0.6 is 0 Å². The second-order valence-corrected chi connectivity index (χ2v) is 8.32. The normalized spacial score (nSPS) is 53.3. The number of ketones is 2. The summed E-state index contributed by atoms with van der Waals surface area (Å²) in [6, 6.07) is 0. The minimum absolute atomic E-state index is 0.0462. The minimum Gasteiger partial charge on any atom is -0.390 e. The van der Waals surface area contributed by atoms with Crippen LogP contribution in [0.5, 0.6) is 0 Å². The van der Waals surface area contributed by atoms with E-state index in [-0.39, 0.29) is 35.9 Å². The number of rotatable bonds is 0. The molecule has 0 aromatic carbocycles. The summed E-state index contributed by atoms with van der Waals surface area (Å²) in [7, 11) is 0. The summed E-state index contributed by atoms with van der Waals surface area (Å²) in [5, 5.41) is 10.8. The summed E-state index contributed by atoms with van der Waals surface area (Å²) >= 11 is 0. The zero-order valence-corrected chi connectivity index (χ0v) is 13.9. The van der Waals surface area contributed by atoms with Crippen LogP contribution in [0.3, 0.4) is 0 Å². The van der Waals surface area contributed by atoms with E-state index in [0.29, 0.717) is 12.8 Å². The lowest BCUT2D eigenvalue weighted by Crippen LogP contribution is -2.68. The fourth-order valence-electron chi connectivity index (χ4n) is 5.98. The third kappa shape index (κ3) is 1.64. The van der Waals surface area contributed by atoms with Crippen molar-refractivity contribution in [3.63, 3.8) is 0 Å². The zero-order valence-electron chi connectivity index (χ0n) is 13.9. The second-order valence-electron chi connectivity index (χ2n) is 8.32. The van der Waals surface area contributed by atoms with Gasteiger partial charge in [-0.05, 0) is 49.8 Å². The van der Waals surface area contributed by atoms with Crippen molar-refractivity contribution in [3.8, 4) is 0 Å². The van der Waals surface area contributed by atoms with Crippen LogP contribution in [0, 0.1) is 22.7 Å². The van der Waals surface area contributed by atoms with Gasteiger partial charge >= 0.3 is 0 Å². The largest absolute Gasteiger partial charge is 0.390 e. The zero-order chi connectivity index (χ0) is 17.5. The van der Waals surface area contributed by atoms with Crippen molar-refractivity contribution < 1.29 is 23.5 Å². The molecule has 0 amide bonds. The summed E-state index contributed by atoms with van der Waals surface area (Å²) in [4.78, 5) is 24.0. The standard InChI is InChI=1S/C19H22F2O3/c1-17-9-16(24)19(21)12(11(17)3-4-15(17)23)8-14(20)13-7-10(22)5-6-18(13,19)2/h5-7,11-12,14,16,24H,3-4,8-9H2,1-2H3. The van der Waals surface area contributed by atoms with E-state index in [4.69, 9.17) is 0 Å². The van der Waals surface area contributed by atoms with Crippen LogP contribution in [0.2, 0.25) is 0 Å². The number of allylic oxidation sites excluding steroid dienone is 4. The molecule has 5 heteroatoms. The van der Waals surface area contributed by atoms with Gasteiger partial charge in [0.05, 0.1) is 6.10 Å². The molecule has 130 valence electrons. The van der Waals surface area contributed by atoms with Gasteiger partial charge in [-0.15, -0.1) is 0 Å². The van der Waals surface area contributed by atoms with Gasteiger partial charge in [-0.1, -0.05) is 13.0 Å². The third-order valence-electron chi connectivity index (χ3n) is 7.34. The fraction of sp³-hybridized carbons (Fsp3) is 0.684. The highest BCUT2D eigenvalue weighted by molar-refractivity contribution is 6.01. The molecule has 0 heterocycles. The highest BCUT2D eigenvalue weighted by atomic mass is 19.1. The molecule has 0 bridgehead atoms. The average molecular weight is 336 g/mol. The van der Waals surface area contributed by atoms with E-state index in [0.717, 1.165) is 0 Å². The van der Waals surface area contributed by atoms with Crippen molar-refractivity contribution in [1.82, 2.24) is 0 Å². The van der Waals surface area contributed by atoms with E-state index in [1.54, 1.807) is 13.8 Å². The Morgan fingerprint density at radius 3 is 2.67 bits per heavy atom. The van der Waals surface area contributed by atoms with Gasteiger partial charge in [0.25, 0.3) is 0 Å². The predicted molar refractivity (Wildman–Crippen MR) is 83.6 cm³/mol. The maximum atomic E-state index is 16.4. The Labute approximate surface area is 139 Å². The van der Waals surface area contributed by atoms with Crippen LogP contribution < -0.4 is 0 Å². The molecule has 7 unspecified atom stereocenters. The molecule has 7 atom stereocenters. The molecule has 4 rings (SSSR count). The van der Waals surface area contributed by atoms with Crippen molar-refractivity contribution in [2.45, 2.75) is 57.5 Å². The Kier molecular flexibility index (Phi) is 3.11. The van der Waals surface area contributed by atoms with Crippen molar-refractivity contribution >= 4 is 11.6 Å². The third-order valence-corrected chi connectivity index (χ3v) is 7.34. The molecule has 0 saturated heterocycles. The molecule has 0 aromatic heterocycles. The lowest BCUT2D eigenvalue weighted by atomic mass is 9.45. The first-order valence-corrected chi connectivity index (χ1v) is 8.64. The number of aliphatic hydroxyl groups is 1. The van der Waals surface area contributed by atoms with Gasteiger partial charge in [-0.2, -0.15) is 0 Å². The van der Waals surface area contributed by atoms with Gasteiger partial charge in [-0.25, -0.2) is 8.78 Å². The molecule has 0 spiro atoms. The Morgan fingerprint density at radius 2 is 1.96 bits per heavy atom. The predicted octanol–water partition coefficient (Wildman–Crippen LogP) is 2.87. The van der Waals surface area contributed by atoms with Crippen LogP contribution in [0.4, 0.5) is 8.78 Å². The van der Waals surface area contributed by atoms with Crippen molar-refractivity contribution in [1.29, 1.82) is 0 Å². The summed E-state index contributed by atoms with van der Waals surface area (Å²) in [6.07, 6.45) is 1.98. The lowest BCUT2D eigenvalue weighted by molar-refractivity contribution is -0.196. The molecule has 3 fully saturated rings. The summed E-state index contributed by atoms with van der Waals surface area (Å²) in [5.74, 6) is -1.29. The fourth-order valence-corrected chi connectivity index (χ4v) is 5.98. The molecular weight excluding hydrogens is 314 g/mol. The summed E-state index contributed by atoms with van der Waals surface area (Å²) in [5.41, 5.74) is -4.06. The second kappa shape index (κ2) is 4.63. The minimum atomic E-state index is -2.06. The number of aliphatic hydroxyl groups excluding tert-OH is 1. The van der Waals surface area contributed by atoms with E-state index in [2.05, 4.69) is 0 Å². The Balaban J connectivity index is 1.88. The Morgan fingerprint density at radius 1 is 1.25 bits per heavy atom. The van der Waals surface area contributed by atoms with Crippen molar-refractivity contribution in [3.05, 3.63) is 23.8 Å². The van der Waals surface area contributed by atoms with E-state index >= 15 is 4.39 Å². The molecule has 0 aromatic rings. The average Bonchev–Trinajstić information content (AvgIpc) is 2.80. The maximum Gasteiger partial charge on any atom is 0.178 e. The van der Waals surface area contributed by atoms with E-state index in [9.17, 15) is 19.1 Å². The van der Waals surface area contributed by atoms with Crippen molar-refractivity contribution in [2.75, 3.05) is 0 Å². The van der Waals surface area contributed by atoms with Crippen LogP contribution in [0.1, 0.15) is 39.5 Å². The van der Waals surface area contributed by atoms with Gasteiger partial charge in [0, 0.05) is 23.2 Å². The van der Waals surface area contributed by atoms with Crippen LogP contribution in [-0.4, -0.2) is 34.6 Å². The number of carbonyl (C=O) groups excluding carboxylic acids is 2. The topological polar surface area (TPSA) is 54.4 Å². The molecule has 1 N–H and O–H groups in total. The maximum absolute atomic E-state index is 16.4. The highest BCUT2D eigenvalue weighted by Gasteiger charge is 2.71. The van der Waals surface area contributed by atoms with E-state index < -0.39 is 34.7 Å². The first-order chi connectivity index (χ1) is 11.1.